The Morgan fingerprint density at radius 1 is 1.32 bits per heavy atom. The van der Waals surface area contributed by atoms with Crippen LogP contribution in [-0.2, 0) is 9.59 Å². The van der Waals surface area contributed by atoms with E-state index in [1.807, 2.05) is 0 Å². The third-order valence-corrected chi connectivity index (χ3v) is 4.31. The van der Waals surface area contributed by atoms with Crippen molar-refractivity contribution in [2.75, 3.05) is 25.5 Å². The van der Waals surface area contributed by atoms with Crippen LogP contribution in [0.2, 0.25) is 10.0 Å². The summed E-state index contributed by atoms with van der Waals surface area (Å²) in [5, 5.41) is 6.68. The van der Waals surface area contributed by atoms with Gasteiger partial charge in [0.25, 0.3) is 0 Å². The number of amides is 2. The Hall–Kier alpha value is -1.30. The van der Waals surface area contributed by atoms with E-state index in [0.717, 1.165) is 25.8 Å². The number of piperidine rings is 1. The number of hydrogen-bond acceptors (Lipinski definition) is 3. The summed E-state index contributed by atoms with van der Waals surface area (Å²) >= 11 is 11.7. The molecule has 1 atom stereocenters. The Labute approximate surface area is 139 Å². The standard InChI is InChI=1S/C15H19Cl2N3O2/c1-20(15(22)13-4-2-3-7-18-13)9-14(21)19-10-5-6-11(16)12(17)8-10/h5-6,8,13,18H,2-4,7,9H2,1H3,(H,19,21). The Morgan fingerprint density at radius 3 is 2.73 bits per heavy atom. The topological polar surface area (TPSA) is 61.4 Å². The highest BCUT2D eigenvalue weighted by molar-refractivity contribution is 6.42. The van der Waals surface area contributed by atoms with Crippen LogP contribution in [0.3, 0.4) is 0 Å². The van der Waals surface area contributed by atoms with Crippen molar-refractivity contribution < 1.29 is 9.59 Å². The Kier molecular flexibility index (Phi) is 6.06. The molecule has 2 N–H and O–H groups in total. The maximum absolute atomic E-state index is 12.2. The third kappa shape index (κ3) is 4.60. The normalized spacial score (nSPS) is 17.9. The molecule has 1 aliphatic heterocycles. The number of halogens is 2. The van der Waals surface area contributed by atoms with E-state index in [9.17, 15) is 9.59 Å². The zero-order valence-corrected chi connectivity index (χ0v) is 13.9. The van der Waals surface area contributed by atoms with Crippen LogP contribution in [0.5, 0.6) is 0 Å². The van der Waals surface area contributed by atoms with Crippen molar-refractivity contribution >= 4 is 40.7 Å². The Bertz CT molecular complexity index is 560. The molecule has 5 nitrogen and oxygen atoms in total. The second kappa shape index (κ2) is 7.81. The van der Waals surface area contributed by atoms with Gasteiger partial charge in [0.2, 0.25) is 11.8 Å². The number of carbonyl (C=O) groups is 2. The van der Waals surface area contributed by atoms with Crippen molar-refractivity contribution in [3.63, 3.8) is 0 Å². The van der Waals surface area contributed by atoms with Gasteiger partial charge in [0.15, 0.2) is 0 Å². The molecular formula is C15H19Cl2N3O2. The molecule has 7 heteroatoms. The molecule has 2 amide bonds. The summed E-state index contributed by atoms with van der Waals surface area (Å²) in [5.74, 6) is -0.325. The number of nitrogens with one attached hydrogen (secondary N) is 2. The molecule has 120 valence electrons. The number of hydrogen-bond donors (Lipinski definition) is 2. The lowest BCUT2D eigenvalue weighted by molar-refractivity contribution is -0.135. The molecule has 1 unspecified atom stereocenters. The summed E-state index contributed by atoms with van der Waals surface area (Å²) in [6.45, 7) is 0.844. The molecule has 0 bridgehead atoms. The number of nitrogens with zero attached hydrogens (tertiary/aromatic N) is 1. The molecule has 1 aromatic rings. The molecule has 1 aromatic carbocycles. The van der Waals surface area contributed by atoms with Crippen molar-refractivity contribution in [2.24, 2.45) is 0 Å². The first-order valence-corrected chi connectivity index (χ1v) is 7.96. The number of anilines is 1. The minimum atomic E-state index is -0.273. The van der Waals surface area contributed by atoms with E-state index in [0.29, 0.717) is 15.7 Å². The SMILES string of the molecule is CN(CC(=O)Nc1ccc(Cl)c(Cl)c1)C(=O)C1CCCCN1. The third-order valence-electron chi connectivity index (χ3n) is 3.57. The minimum Gasteiger partial charge on any atom is -0.335 e. The van der Waals surface area contributed by atoms with Crippen LogP contribution in [0.25, 0.3) is 0 Å². The molecule has 0 aliphatic carbocycles. The van der Waals surface area contributed by atoms with Crippen molar-refractivity contribution in [1.82, 2.24) is 10.2 Å². The van der Waals surface area contributed by atoms with Crippen LogP contribution < -0.4 is 10.6 Å². The predicted octanol–water partition coefficient (Wildman–Crippen LogP) is 2.53. The lowest BCUT2D eigenvalue weighted by atomic mass is 10.0. The van der Waals surface area contributed by atoms with Crippen molar-refractivity contribution in [3.8, 4) is 0 Å². The first-order chi connectivity index (χ1) is 10.5. The largest absolute Gasteiger partial charge is 0.335 e. The maximum Gasteiger partial charge on any atom is 0.243 e. The molecule has 22 heavy (non-hydrogen) atoms. The molecule has 0 aromatic heterocycles. The van der Waals surface area contributed by atoms with Crippen LogP contribution in [0.15, 0.2) is 18.2 Å². The zero-order valence-electron chi connectivity index (χ0n) is 12.4. The lowest BCUT2D eigenvalue weighted by Gasteiger charge is -2.27. The second-order valence-corrected chi connectivity index (χ2v) is 6.19. The van der Waals surface area contributed by atoms with Gasteiger partial charge in [0, 0.05) is 12.7 Å². The van der Waals surface area contributed by atoms with Crippen LogP contribution in [-0.4, -0.2) is 42.9 Å². The summed E-state index contributed by atoms with van der Waals surface area (Å²) in [7, 11) is 1.63. The fraction of sp³-hybridized carbons (Fsp3) is 0.467. The van der Waals surface area contributed by atoms with E-state index >= 15 is 0 Å². The van der Waals surface area contributed by atoms with Crippen LogP contribution >= 0.6 is 23.2 Å². The minimum absolute atomic E-state index is 0.00272. The summed E-state index contributed by atoms with van der Waals surface area (Å²) < 4.78 is 0. The molecule has 1 saturated heterocycles. The predicted molar refractivity (Wildman–Crippen MR) is 88.4 cm³/mol. The Morgan fingerprint density at radius 2 is 2.09 bits per heavy atom. The summed E-state index contributed by atoms with van der Waals surface area (Å²) in [5.41, 5.74) is 0.552. The van der Waals surface area contributed by atoms with Gasteiger partial charge in [0.05, 0.1) is 22.6 Å². The highest BCUT2D eigenvalue weighted by Gasteiger charge is 2.24. The molecule has 2 rings (SSSR count). The Balaban J connectivity index is 1.87. The highest BCUT2D eigenvalue weighted by Crippen LogP contribution is 2.24. The van der Waals surface area contributed by atoms with E-state index in [4.69, 9.17) is 23.2 Å². The van der Waals surface area contributed by atoms with Gasteiger partial charge in [-0.2, -0.15) is 0 Å². The molecule has 0 radical (unpaired) electrons. The van der Waals surface area contributed by atoms with Crippen molar-refractivity contribution in [3.05, 3.63) is 28.2 Å². The van der Waals surface area contributed by atoms with E-state index in [1.165, 1.54) is 4.90 Å². The molecule has 1 aliphatic rings. The average molecular weight is 344 g/mol. The van der Waals surface area contributed by atoms with E-state index < -0.39 is 0 Å². The average Bonchev–Trinajstić information content (AvgIpc) is 2.51. The van der Waals surface area contributed by atoms with Gasteiger partial charge < -0.3 is 15.5 Å². The maximum atomic E-state index is 12.2. The first kappa shape index (κ1) is 17.1. The van der Waals surface area contributed by atoms with Crippen molar-refractivity contribution in [1.29, 1.82) is 0 Å². The number of benzene rings is 1. The van der Waals surface area contributed by atoms with Gasteiger partial charge in [-0.3, -0.25) is 9.59 Å². The number of likely N-dealkylation sites (N-methyl/N-ethyl adjacent to an activating group) is 1. The van der Waals surface area contributed by atoms with E-state index in [2.05, 4.69) is 10.6 Å². The molecule has 0 saturated carbocycles. The van der Waals surface area contributed by atoms with Gasteiger partial charge >= 0.3 is 0 Å². The number of carbonyl (C=O) groups excluding carboxylic acids is 2. The lowest BCUT2D eigenvalue weighted by Crippen LogP contribution is -2.48. The quantitative estimate of drug-likeness (QED) is 0.882. The van der Waals surface area contributed by atoms with Crippen molar-refractivity contribution in [2.45, 2.75) is 25.3 Å². The van der Waals surface area contributed by atoms with Gasteiger partial charge in [-0.15, -0.1) is 0 Å². The van der Waals surface area contributed by atoms with Gasteiger partial charge in [-0.05, 0) is 37.6 Å². The molecule has 1 fully saturated rings. The highest BCUT2D eigenvalue weighted by atomic mass is 35.5. The zero-order chi connectivity index (χ0) is 16.1. The van der Waals surface area contributed by atoms with Crippen LogP contribution in [0.1, 0.15) is 19.3 Å². The fourth-order valence-corrected chi connectivity index (χ4v) is 2.69. The van der Waals surface area contributed by atoms with Gasteiger partial charge in [-0.25, -0.2) is 0 Å². The monoisotopic (exact) mass is 343 g/mol. The van der Waals surface area contributed by atoms with Crippen LogP contribution in [0, 0.1) is 0 Å². The van der Waals surface area contributed by atoms with E-state index in [1.54, 1.807) is 25.2 Å². The van der Waals surface area contributed by atoms with Crippen LogP contribution in [0.4, 0.5) is 5.69 Å². The second-order valence-electron chi connectivity index (χ2n) is 5.37. The first-order valence-electron chi connectivity index (χ1n) is 7.20. The molecular weight excluding hydrogens is 325 g/mol. The molecule has 1 heterocycles. The van der Waals surface area contributed by atoms with Gasteiger partial charge in [-0.1, -0.05) is 29.6 Å². The number of rotatable bonds is 4. The van der Waals surface area contributed by atoms with Gasteiger partial charge in [0.1, 0.15) is 0 Å². The smallest absolute Gasteiger partial charge is 0.243 e. The van der Waals surface area contributed by atoms with E-state index in [-0.39, 0.29) is 24.4 Å². The summed E-state index contributed by atoms with van der Waals surface area (Å²) in [6, 6.07) is 4.67. The summed E-state index contributed by atoms with van der Waals surface area (Å²) in [4.78, 5) is 25.7. The summed E-state index contributed by atoms with van der Waals surface area (Å²) in [6.07, 6.45) is 2.94. The fourth-order valence-electron chi connectivity index (χ4n) is 2.40. The molecule has 0 spiro atoms.